The lowest BCUT2D eigenvalue weighted by molar-refractivity contribution is 0.0785. The Balaban J connectivity index is 1.64. The van der Waals surface area contributed by atoms with Gasteiger partial charge in [-0.15, -0.1) is 0 Å². The molecule has 1 fully saturated rings. The van der Waals surface area contributed by atoms with Crippen molar-refractivity contribution < 1.29 is 27.8 Å². The Kier molecular flexibility index (Phi) is 7.94. The van der Waals surface area contributed by atoms with Gasteiger partial charge in [-0.25, -0.2) is 18.2 Å². The predicted octanol–water partition coefficient (Wildman–Crippen LogP) is 3.75. The summed E-state index contributed by atoms with van der Waals surface area (Å²) in [7, 11) is 0. The second-order valence-corrected chi connectivity index (χ2v) is 8.99. The maximum atomic E-state index is 15.0. The van der Waals surface area contributed by atoms with Gasteiger partial charge in [-0.05, 0) is 36.8 Å². The molecular formula is C26H28F3N5O3. The third-order valence-corrected chi connectivity index (χ3v) is 6.18. The molecule has 3 aromatic rings. The normalized spacial score (nSPS) is 19.5. The minimum absolute atomic E-state index is 0.108. The number of hydrogen-bond acceptors (Lipinski definition) is 7. The van der Waals surface area contributed by atoms with Crippen LogP contribution in [-0.2, 0) is 0 Å². The van der Waals surface area contributed by atoms with Crippen molar-refractivity contribution in [2.45, 2.75) is 32.4 Å². The van der Waals surface area contributed by atoms with Crippen molar-refractivity contribution in [2.75, 3.05) is 29.9 Å². The van der Waals surface area contributed by atoms with Gasteiger partial charge in [0.05, 0.1) is 35.8 Å². The van der Waals surface area contributed by atoms with E-state index in [0.717, 1.165) is 24.3 Å². The number of rotatable bonds is 7. The number of carbonyl (C=O) groups excluding carboxylic acids is 1. The van der Waals surface area contributed by atoms with Crippen LogP contribution >= 0.6 is 0 Å². The van der Waals surface area contributed by atoms with Crippen LogP contribution in [0.4, 0.5) is 24.5 Å². The first kappa shape index (κ1) is 26.4. The number of aliphatic hydroxyl groups is 1. The first-order chi connectivity index (χ1) is 17.7. The molecule has 1 aliphatic heterocycles. The molecule has 0 saturated carbocycles. The molecule has 0 bridgehead atoms. The van der Waals surface area contributed by atoms with E-state index in [1.165, 1.54) is 6.20 Å². The SMILES string of the molecule is CCCOc1ccc(F)c(-c2nc(C(=O)Nc3cnccc3N3C[C@@H](N)[C@H](O)[C@@H](C)C3)ccc2F)c1F. The number of anilines is 2. The zero-order valence-corrected chi connectivity index (χ0v) is 20.4. The van der Waals surface area contributed by atoms with Gasteiger partial charge in [0, 0.05) is 31.2 Å². The number of amides is 1. The van der Waals surface area contributed by atoms with Gasteiger partial charge in [0.25, 0.3) is 5.91 Å². The fourth-order valence-corrected chi connectivity index (χ4v) is 4.27. The smallest absolute Gasteiger partial charge is 0.274 e. The van der Waals surface area contributed by atoms with Crippen molar-refractivity contribution in [2.24, 2.45) is 11.7 Å². The number of pyridine rings is 2. The molecule has 4 rings (SSSR count). The van der Waals surface area contributed by atoms with Gasteiger partial charge in [0.1, 0.15) is 23.0 Å². The summed E-state index contributed by atoms with van der Waals surface area (Å²) in [6.07, 6.45) is 2.93. The molecule has 1 amide bonds. The Morgan fingerprint density at radius 1 is 1.19 bits per heavy atom. The summed E-state index contributed by atoms with van der Waals surface area (Å²) in [4.78, 5) is 23.0. The molecule has 11 heteroatoms. The summed E-state index contributed by atoms with van der Waals surface area (Å²) in [5.74, 6) is -4.23. The van der Waals surface area contributed by atoms with Crippen LogP contribution in [0.1, 0.15) is 30.8 Å². The number of halogens is 3. The zero-order valence-electron chi connectivity index (χ0n) is 20.4. The van der Waals surface area contributed by atoms with Crippen LogP contribution in [0.3, 0.4) is 0 Å². The summed E-state index contributed by atoms with van der Waals surface area (Å²) in [5, 5.41) is 12.9. The Morgan fingerprint density at radius 2 is 1.95 bits per heavy atom. The zero-order chi connectivity index (χ0) is 26.7. The third kappa shape index (κ3) is 5.52. The quantitative estimate of drug-likeness (QED) is 0.439. The van der Waals surface area contributed by atoms with Crippen molar-refractivity contribution in [1.82, 2.24) is 9.97 Å². The van der Waals surface area contributed by atoms with Gasteiger partial charge in [0.2, 0.25) is 0 Å². The summed E-state index contributed by atoms with van der Waals surface area (Å²) < 4.78 is 49.6. The standard InChI is InChI=1S/C26H28F3N5O3/c1-3-10-37-21-7-5-15(27)22(23(21)29)24-16(28)4-6-18(32-24)26(36)33-19-11-31-9-8-20(19)34-12-14(2)25(35)17(30)13-34/h4-9,11,14,17,25,35H,3,10,12-13,30H2,1-2H3,(H,33,36)/t14-,17+,25+/m0/s1. The maximum Gasteiger partial charge on any atom is 0.274 e. The molecule has 4 N–H and O–H groups in total. The molecule has 0 spiro atoms. The molecule has 2 aromatic heterocycles. The minimum Gasteiger partial charge on any atom is -0.491 e. The van der Waals surface area contributed by atoms with Crippen LogP contribution in [0.5, 0.6) is 5.75 Å². The average Bonchev–Trinajstić information content (AvgIpc) is 2.88. The number of nitrogens with zero attached hydrogens (tertiary/aromatic N) is 3. The lowest BCUT2D eigenvalue weighted by atomic mass is 9.92. The second-order valence-electron chi connectivity index (χ2n) is 8.99. The van der Waals surface area contributed by atoms with E-state index in [2.05, 4.69) is 15.3 Å². The van der Waals surface area contributed by atoms with Crippen molar-refractivity contribution in [3.63, 3.8) is 0 Å². The molecule has 3 atom stereocenters. The molecule has 1 saturated heterocycles. The van der Waals surface area contributed by atoms with Crippen molar-refractivity contribution in [3.8, 4) is 17.0 Å². The number of carbonyl (C=O) groups is 1. The van der Waals surface area contributed by atoms with E-state index in [0.29, 0.717) is 30.9 Å². The fourth-order valence-electron chi connectivity index (χ4n) is 4.27. The number of nitrogens with two attached hydrogens (primary N) is 1. The summed E-state index contributed by atoms with van der Waals surface area (Å²) in [5.41, 5.74) is 5.40. The van der Waals surface area contributed by atoms with Crippen molar-refractivity contribution in [1.29, 1.82) is 0 Å². The molecule has 1 aromatic carbocycles. The van der Waals surface area contributed by atoms with Gasteiger partial charge >= 0.3 is 0 Å². The van der Waals surface area contributed by atoms with E-state index in [1.807, 2.05) is 18.7 Å². The Morgan fingerprint density at radius 3 is 2.68 bits per heavy atom. The van der Waals surface area contributed by atoms with Crippen molar-refractivity contribution in [3.05, 3.63) is 65.9 Å². The topological polar surface area (TPSA) is 114 Å². The van der Waals surface area contributed by atoms with E-state index in [9.17, 15) is 18.7 Å². The predicted molar refractivity (Wildman–Crippen MR) is 133 cm³/mol. The largest absolute Gasteiger partial charge is 0.491 e. The van der Waals surface area contributed by atoms with Gasteiger partial charge in [-0.3, -0.25) is 9.78 Å². The van der Waals surface area contributed by atoms with E-state index in [4.69, 9.17) is 10.5 Å². The molecule has 0 aliphatic carbocycles. The molecule has 1 aliphatic rings. The molecule has 196 valence electrons. The third-order valence-electron chi connectivity index (χ3n) is 6.18. The Hall–Kier alpha value is -3.70. The first-order valence-electron chi connectivity index (χ1n) is 11.9. The maximum absolute atomic E-state index is 15.0. The van der Waals surface area contributed by atoms with Gasteiger partial charge in [-0.1, -0.05) is 13.8 Å². The van der Waals surface area contributed by atoms with Gasteiger partial charge in [0.15, 0.2) is 11.6 Å². The average molecular weight is 516 g/mol. The Bertz CT molecular complexity index is 1280. The summed E-state index contributed by atoms with van der Waals surface area (Å²) in [6, 6.07) is 5.33. The van der Waals surface area contributed by atoms with E-state index >= 15 is 4.39 Å². The fraction of sp³-hybridized carbons (Fsp3) is 0.346. The van der Waals surface area contributed by atoms with Crippen LogP contribution in [0.2, 0.25) is 0 Å². The van der Waals surface area contributed by atoms with Gasteiger partial charge < -0.3 is 25.8 Å². The lowest BCUT2D eigenvalue weighted by Crippen LogP contribution is -2.55. The number of ether oxygens (including phenoxy) is 1. The number of hydrogen-bond donors (Lipinski definition) is 3. The minimum atomic E-state index is -1.11. The van der Waals surface area contributed by atoms with E-state index in [1.54, 1.807) is 12.3 Å². The molecule has 0 unspecified atom stereocenters. The molecule has 37 heavy (non-hydrogen) atoms. The molecule has 8 nitrogen and oxygen atoms in total. The number of benzene rings is 1. The van der Waals surface area contributed by atoms with Crippen LogP contribution < -0.4 is 20.7 Å². The first-order valence-corrected chi connectivity index (χ1v) is 11.9. The number of aromatic nitrogens is 2. The van der Waals surface area contributed by atoms with Crippen LogP contribution in [0, 0.1) is 23.4 Å². The van der Waals surface area contributed by atoms with E-state index in [-0.39, 0.29) is 24.0 Å². The number of nitrogens with one attached hydrogen (secondary N) is 1. The highest BCUT2D eigenvalue weighted by Gasteiger charge is 2.32. The summed E-state index contributed by atoms with van der Waals surface area (Å²) >= 11 is 0. The van der Waals surface area contributed by atoms with Crippen LogP contribution in [-0.4, -0.2) is 52.8 Å². The highest BCUT2D eigenvalue weighted by molar-refractivity contribution is 6.04. The Labute approximate surface area is 212 Å². The molecule has 0 radical (unpaired) electrons. The molecular weight excluding hydrogens is 487 g/mol. The number of aliphatic hydroxyl groups excluding tert-OH is 1. The van der Waals surface area contributed by atoms with E-state index < -0.39 is 46.8 Å². The van der Waals surface area contributed by atoms with Gasteiger partial charge in [-0.2, -0.15) is 0 Å². The van der Waals surface area contributed by atoms with Crippen molar-refractivity contribution >= 4 is 17.3 Å². The molecule has 3 heterocycles. The highest BCUT2D eigenvalue weighted by Crippen LogP contribution is 2.33. The second kappa shape index (κ2) is 11.1. The summed E-state index contributed by atoms with van der Waals surface area (Å²) in [6.45, 7) is 4.74. The highest BCUT2D eigenvalue weighted by atomic mass is 19.1. The van der Waals surface area contributed by atoms with Crippen LogP contribution in [0.25, 0.3) is 11.3 Å². The monoisotopic (exact) mass is 515 g/mol. The lowest BCUT2D eigenvalue weighted by Gasteiger charge is -2.40. The van der Waals surface area contributed by atoms with Crippen LogP contribution in [0.15, 0.2) is 42.7 Å². The number of piperidine rings is 1.